The Balaban J connectivity index is 1.32. The monoisotopic (exact) mass is 484 g/mol. The van der Waals surface area contributed by atoms with Gasteiger partial charge in [-0.15, -0.1) is 0 Å². The van der Waals surface area contributed by atoms with E-state index in [1.54, 1.807) is 18.3 Å². The summed E-state index contributed by atoms with van der Waals surface area (Å²) < 4.78 is 8.11. The summed E-state index contributed by atoms with van der Waals surface area (Å²) in [5.41, 5.74) is 4.14. The molecule has 3 N–H and O–H groups in total. The average molecular weight is 485 g/mol. The van der Waals surface area contributed by atoms with Gasteiger partial charge in [0.25, 0.3) is 0 Å². The van der Waals surface area contributed by atoms with Crippen LogP contribution in [0.1, 0.15) is 32.8 Å². The molecule has 0 radical (unpaired) electrons. The van der Waals surface area contributed by atoms with Crippen LogP contribution in [0.15, 0.2) is 60.8 Å². The van der Waals surface area contributed by atoms with Crippen molar-refractivity contribution in [2.75, 3.05) is 23.7 Å². The summed E-state index contributed by atoms with van der Waals surface area (Å²) >= 11 is 0. The number of nitrogens with one attached hydrogen (secondary N) is 3. The third-order valence-electron chi connectivity index (χ3n) is 6.49. The van der Waals surface area contributed by atoms with Crippen LogP contribution in [0, 0.1) is 5.92 Å². The van der Waals surface area contributed by atoms with E-state index in [0.29, 0.717) is 23.9 Å². The van der Waals surface area contributed by atoms with Gasteiger partial charge in [0.05, 0.1) is 17.0 Å². The van der Waals surface area contributed by atoms with Crippen LogP contribution in [0.4, 0.5) is 17.5 Å². The minimum atomic E-state index is -0.0262. The Kier molecular flexibility index (Phi) is 6.36. The molecule has 5 rings (SSSR count). The second-order valence-electron chi connectivity index (χ2n) is 10.3. The minimum Gasteiger partial charge on any atom is -0.457 e. The van der Waals surface area contributed by atoms with Crippen molar-refractivity contribution < 1.29 is 9.53 Å². The maximum absolute atomic E-state index is 12.4. The van der Waals surface area contributed by atoms with Gasteiger partial charge in [-0.25, -0.2) is 9.97 Å². The smallest absolute Gasteiger partial charge is 0.229 e. The molecular weight excluding hydrogens is 452 g/mol. The molecule has 3 heterocycles. The van der Waals surface area contributed by atoms with Crippen molar-refractivity contribution in [3.8, 4) is 11.5 Å². The number of aryl methyl sites for hydroxylation is 1. The highest BCUT2D eigenvalue weighted by molar-refractivity contribution is 5.92. The van der Waals surface area contributed by atoms with Gasteiger partial charge in [-0.3, -0.25) is 4.79 Å². The lowest BCUT2D eigenvalue weighted by Gasteiger charge is -2.20. The van der Waals surface area contributed by atoms with Crippen molar-refractivity contribution in [1.29, 1.82) is 0 Å². The summed E-state index contributed by atoms with van der Waals surface area (Å²) in [4.78, 5) is 21.5. The lowest BCUT2D eigenvalue weighted by Crippen LogP contribution is -2.25. The quantitative estimate of drug-likeness (QED) is 0.342. The van der Waals surface area contributed by atoms with Crippen molar-refractivity contribution in [3.05, 3.63) is 66.4 Å². The average Bonchev–Trinajstić information content (AvgIpc) is 3.48. The number of amides is 1. The molecule has 2 aromatic heterocycles. The zero-order chi connectivity index (χ0) is 25.3. The fraction of sp³-hybridized carbons (Fsp3) is 0.321. The first-order valence-corrected chi connectivity index (χ1v) is 12.3. The van der Waals surface area contributed by atoms with Crippen LogP contribution in [-0.2, 0) is 17.3 Å². The molecule has 1 unspecified atom stereocenters. The number of nitrogens with zero attached hydrogens (tertiary/aromatic N) is 3. The van der Waals surface area contributed by atoms with E-state index >= 15 is 0 Å². The summed E-state index contributed by atoms with van der Waals surface area (Å²) in [6.07, 6.45) is 2.47. The normalized spacial score (nSPS) is 15.7. The molecule has 0 bridgehead atoms. The predicted octanol–water partition coefficient (Wildman–Crippen LogP) is 5.35. The summed E-state index contributed by atoms with van der Waals surface area (Å²) in [6.45, 7) is 8.18. The first-order valence-electron chi connectivity index (χ1n) is 12.3. The van der Waals surface area contributed by atoms with Gasteiger partial charge in [0, 0.05) is 37.6 Å². The van der Waals surface area contributed by atoms with Crippen molar-refractivity contribution in [2.45, 2.75) is 32.6 Å². The van der Waals surface area contributed by atoms with E-state index in [1.807, 2.05) is 35.9 Å². The van der Waals surface area contributed by atoms with Crippen LogP contribution in [0.2, 0.25) is 0 Å². The Bertz CT molecular complexity index is 1400. The van der Waals surface area contributed by atoms with E-state index in [0.717, 1.165) is 35.6 Å². The van der Waals surface area contributed by atoms with E-state index in [2.05, 4.69) is 59.9 Å². The molecule has 0 spiro atoms. The van der Waals surface area contributed by atoms with Crippen molar-refractivity contribution in [3.63, 3.8) is 0 Å². The van der Waals surface area contributed by atoms with Crippen LogP contribution in [0.3, 0.4) is 0 Å². The summed E-state index contributed by atoms with van der Waals surface area (Å²) in [5, 5.41) is 9.55. The number of pyridine rings is 1. The topological polar surface area (TPSA) is 93.1 Å². The van der Waals surface area contributed by atoms with E-state index in [1.165, 1.54) is 5.56 Å². The number of rotatable bonds is 6. The molecule has 2 aromatic carbocycles. The third-order valence-corrected chi connectivity index (χ3v) is 6.49. The van der Waals surface area contributed by atoms with Gasteiger partial charge in [0.2, 0.25) is 11.9 Å². The van der Waals surface area contributed by atoms with Crippen molar-refractivity contribution >= 4 is 34.4 Å². The number of hydrogen-bond donors (Lipinski definition) is 3. The fourth-order valence-electron chi connectivity index (χ4n) is 4.33. The number of benzene rings is 2. The highest BCUT2D eigenvalue weighted by atomic mass is 16.5. The molecule has 1 atom stereocenters. The van der Waals surface area contributed by atoms with Gasteiger partial charge < -0.3 is 25.3 Å². The number of ether oxygens (including phenoxy) is 1. The van der Waals surface area contributed by atoms with E-state index < -0.39 is 0 Å². The fourth-order valence-corrected chi connectivity index (χ4v) is 4.33. The van der Waals surface area contributed by atoms with Gasteiger partial charge in [-0.2, -0.15) is 0 Å². The Hall–Kier alpha value is -3.91. The molecule has 1 saturated heterocycles. The highest BCUT2D eigenvalue weighted by Crippen LogP contribution is 2.30. The van der Waals surface area contributed by atoms with Crippen LogP contribution in [-0.4, -0.2) is 33.5 Å². The molecule has 8 heteroatoms. The highest BCUT2D eigenvalue weighted by Gasteiger charge is 2.22. The standard InChI is InChI=1S/C28H32N6O2/c1-28(2,3)19-6-5-7-20(14-19)31-27-32-23-15-21(8-9-24(23)34(27)4)36-22-11-13-30-25(16-22)33-26(35)18-10-12-29-17-18/h5-9,11,13-16,18,29H,10,12,17H2,1-4H3,(H,31,32)(H,30,33,35). The SMILES string of the molecule is Cn1c(Nc2cccc(C(C)(C)C)c2)nc2cc(Oc3ccnc(NC(=O)C4CCNC4)c3)ccc21. The maximum Gasteiger partial charge on any atom is 0.229 e. The second-order valence-corrected chi connectivity index (χ2v) is 10.3. The van der Waals surface area contributed by atoms with E-state index in [4.69, 9.17) is 9.72 Å². The molecule has 1 aliphatic heterocycles. The van der Waals surface area contributed by atoms with E-state index in [9.17, 15) is 4.79 Å². The molecule has 36 heavy (non-hydrogen) atoms. The number of aromatic nitrogens is 3. The Labute approximate surface area is 211 Å². The number of carbonyl (C=O) groups is 1. The van der Waals surface area contributed by atoms with Crippen molar-refractivity contribution in [2.24, 2.45) is 13.0 Å². The number of fused-ring (bicyclic) bond motifs is 1. The Morgan fingerprint density at radius 1 is 1.11 bits per heavy atom. The van der Waals surface area contributed by atoms with Crippen LogP contribution >= 0.6 is 0 Å². The molecular formula is C28H32N6O2. The largest absolute Gasteiger partial charge is 0.457 e. The van der Waals surface area contributed by atoms with Gasteiger partial charge in [0.1, 0.15) is 17.3 Å². The molecule has 1 amide bonds. The Morgan fingerprint density at radius 3 is 2.72 bits per heavy atom. The van der Waals surface area contributed by atoms with E-state index in [-0.39, 0.29) is 17.2 Å². The third kappa shape index (κ3) is 5.18. The zero-order valence-electron chi connectivity index (χ0n) is 21.1. The molecule has 0 aliphatic carbocycles. The number of hydrogen-bond acceptors (Lipinski definition) is 6. The number of imidazole rings is 1. The Morgan fingerprint density at radius 2 is 1.94 bits per heavy atom. The predicted molar refractivity (Wildman–Crippen MR) is 143 cm³/mol. The lowest BCUT2D eigenvalue weighted by atomic mass is 9.87. The van der Waals surface area contributed by atoms with Gasteiger partial charge in [0.15, 0.2) is 0 Å². The first-order chi connectivity index (χ1) is 17.3. The molecule has 186 valence electrons. The second kappa shape index (κ2) is 9.62. The molecule has 1 aliphatic rings. The van der Waals surface area contributed by atoms with Crippen LogP contribution in [0.5, 0.6) is 11.5 Å². The van der Waals surface area contributed by atoms with Gasteiger partial charge in [-0.05, 0) is 54.3 Å². The lowest BCUT2D eigenvalue weighted by molar-refractivity contribution is -0.119. The molecule has 1 fully saturated rings. The molecule has 8 nitrogen and oxygen atoms in total. The van der Waals surface area contributed by atoms with Crippen LogP contribution in [0.25, 0.3) is 11.0 Å². The molecule has 4 aromatic rings. The summed E-state index contributed by atoms with van der Waals surface area (Å²) in [5.74, 6) is 2.44. The number of carbonyl (C=O) groups excluding carboxylic acids is 1. The number of anilines is 3. The van der Waals surface area contributed by atoms with Gasteiger partial charge in [-0.1, -0.05) is 32.9 Å². The van der Waals surface area contributed by atoms with Crippen LogP contribution < -0.4 is 20.7 Å². The first kappa shape index (κ1) is 23.8. The van der Waals surface area contributed by atoms with Crippen molar-refractivity contribution in [1.82, 2.24) is 19.9 Å². The zero-order valence-corrected chi connectivity index (χ0v) is 21.1. The molecule has 0 saturated carbocycles. The summed E-state index contributed by atoms with van der Waals surface area (Å²) in [6, 6.07) is 17.7. The van der Waals surface area contributed by atoms with Gasteiger partial charge >= 0.3 is 0 Å². The summed E-state index contributed by atoms with van der Waals surface area (Å²) in [7, 11) is 1.99. The minimum absolute atomic E-state index is 0.0207. The maximum atomic E-state index is 12.4.